The summed E-state index contributed by atoms with van der Waals surface area (Å²) in [6.45, 7) is 0. The Bertz CT molecular complexity index is 2860. The number of fused-ring (bicyclic) bond motifs is 6. The fourth-order valence-corrected chi connectivity index (χ4v) is 8.76. The highest BCUT2D eigenvalue weighted by Gasteiger charge is 2.17. The molecular formula is C44H26N4S2. The summed E-state index contributed by atoms with van der Waals surface area (Å²) in [7, 11) is 0. The molecule has 0 saturated heterocycles. The second-order valence-corrected chi connectivity index (χ2v) is 14.4. The summed E-state index contributed by atoms with van der Waals surface area (Å²) in [5, 5.41) is 5.77. The Labute approximate surface area is 296 Å². The highest BCUT2D eigenvalue weighted by atomic mass is 32.1. The maximum Gasteiger partial charge on any atom is 0.164 e. The Balaban J connectivity index is 1.07. The fraction of sp³-hybridized carbons (Fsp3) is 0. The summed E-state index contributed by atoms with van der Waals surface area (Å²) in [5.41, 5.74) is 7.48. The lowest BCUT2D eigenvalue weighted by Crippen LogP contribution is -2.00. The molecule has 0 spiro atoms. The van der Waals surface area contributed by atoms with E-state index in [2.05, 4.69) is 121 Å². The number of hydrogen-bond donors (Lipinski definition) is 0. The molecule has 4 nitrogen and oxygen atoms in total. The molecule has 0 saturated carbocycles. The lowest BCUT2D eigenvalue weighted by molar-refractivity contribution is 1.08. The van der Waals surface area contributed by atoms with E-state index in [1.807, 2.05) is 36.4 Å². The lowest BCUT2D eigenvalue weighted by atomic mass is 10.0. The van der Waals surface area contributed by atoms with Gasteiger partial charge < -0.3 is 0 Å². The van der Waals surface area contributed by atoms with Gasteiger partial charge in [-0.15, -0.1) is 22.7 Å². The zero-order valence-electron chi connectivity index (χ0n) is 26.6. The van der Waals surface area contributed by atoms with Gasteiger partial charge in [-0.05, 0) is 46.2 Å². The van der Waals surface area contributed by atoms with Gasteiger partial charge >= 0.3 is 0 Å². The van der Waals surface area contributed by atoms with Crippen molar-refractivity contribution in [2.75, 3.05) is 0 Å². The molecule has 6 heteroatoms. The predicted octanol–water partition coefficient (Wildman–Crippen LogP) is 12.3. The standard InChI is InChI=1S/C44H26N4S2/c1-3-9-27(10-4-1)29-15-18-31(19-16-29)44-45-40-37(50-44)24-23-36-39(40)35-22-21-34(26-38(35)49-36)43-47-41(30-12-5-2-6-13-30)46-42(48-43)33-20-17-28-11-7-8-14-32(28)25-33/h1-26H. The molecule has 50 heavy (non-hydrogen) atoms. The molecule has 0 bridgehead atoms. The molecule has 10 aromatic rings. The van der Waals surface area contributed by atoms with Gasteiger partial charge in [0.05, 0.1) is 10.2 Å². The Morgan fingerprint density at radius 3 is 1.66 bits per heavy atom. The van der Waals surface area contributed by atoms with Crippen molar-refractivity contribution in [2.24, 2.45) is 0 Å². The van der Waals surface area contributed by atoms with Crippen LogP contribution in [0.4, 0.5) is 0 Å². The number of hydrogen-bond acceptors (Lipinski definition) is 6. The summed E-state index contributed by atoms with van der Waals surface area (Å²) in [4.78, 5) is 20.2. The van der Waals surface area contributed by atoms with Crippen LogP contribution in [0.3, 0.4) is 0 Å². The number of thiazole rings is 1. The maximum atomic E-state index is 5.22. The van der Waals surface area contributed by atoms with Crippen LogP contribution in [0.1, 0.15) is 0 Å². The van der Waals surface area contributed by atoms with E-state index >= 15 is 0 Å². The summed E-state index contributed by atoms with van der Waals surface area (Å²) < 4.78 is 3.59. The van der Waals surface area contributed by atoms with E-state index in [0.29, 0.717) is 17.5 Å². The van der Waals surface area contributed by atoms with Crippen LogP contribution in [0.5, 0.6) is 0 Å². The molecule has 3 aromatic heterocycles. The minimum atomic E-state index is 0.654. The molecule has 0 aliphatic carbocycles. The molecule has 0 unspecified atom stereocenters. The first-order valence-corrected chi connectivity index (χ1v) is 18.1. The average Bonchev–Trinajstić information content (AvgIpc) is 3.80. The zero-order valence-corrected chi connectivity index (χ0v) is 28.2. The van der Waals surface area contributed by atoms with Gasteiger partial charge in [0.2, 0.25) is 0 Å². The minimum Gasteiger partial charge on any atom is -0.235 e. The van der Waals surface area contributed by atoms with E-state index in [9.17, 15) is 0 Å². The quantitative estimate of drug-likeness (QED) is 0.182. The van der Waals surface area contributed by atoms with E-state index in [0.717, 1.165) is 38.2 Å². The molecule has 0 N–H and O–H groups in total. The van der Waals surface area contributed by atoms with E-state index in [-0.39, 0.29) is 0 Å². The second kappa shape index (κ2) is 11.8. The highest BCUT2D eigenvalue weighted by molar-refractivity contribution is 7.26. The van der Waals surface area contributed by atoms with Crippen molar-refractivity contribution in [3.63, 3.8) is 0 Å². The summed E-state index contributed by atoms with van der Waals surface area (Å²) in [6.07, 6.45) is 0. The smallest absolute Gasteiger partial charge is 0.164 e. The fourth-order valence-electron chi connectivity index (χ4n) is 6.63. The topological polar surface area (TPSA) is 51.6 Å². The lowest BCUT2D eigenvalue weighted by Gasteiger charge is -2.09. The van der Waals surface area contributed by atoms with Crippen molar-refractivity contribution in [1.29, 1.82) is 0 Å². The molecule has 0 radical (unpaired) electrons. The first-order valence-electron chi connectivity index (χ1n) is 16.5. The van der Waals surface area contributed by atoms with E-state index in [1.165, 1.54) is 41.4 Å². The summed E-state index contributed by atoms with van der Waals surface area (Å²) in [6, 6.07) is 55.1. The van der Waals surface area contributed by atoms with Gasteiger partial charge in [-0.3, -0.25) is 0 Å². The molecule has 0 aliphatic rings. The highest BCUT2D eigenvalue weighted by Crippen LogP contribution is 2.42. The normalized spacial score (nSPS) is 11.6. The SMILES string of the molecule is c1ccc(-c2ccc(-c3nc4c(ccc5sc6cc(-c7nc(-c8ccccc8)nc(-c8ccc9ccccc9c8)n7)ccc6c54)s3)cc2)cc1. The minimum absolute atomic E-state index is 0.654. The zero-order chi connectivity index (χ0) is 33.0. The average molecular weight is 675 g/mol. The van der Waals surface area contributed by atoms with Crippen molar-refractivity contribution in [2.45, 2.75) is 0 Å². The van der Waals surface area contributed by atoms with Crippen LogP contribution in [0.2, 0.25) is 0 Å². The van der Waals surface area contributed by atoms with Crippen LogP contribution in [0.25, 0.3) is 97.0 Å². The molecule has 7 aromatic carbocycles. The first kappa shape index (κ1) is 28.9. The monoisotopic (exact) mass is 674 g/mol. The second-order valence-electron chi connectivity index (χ2n) is 12.3. The predicted molar refractivity (Wildman–Crippen MR) is 211 cm³/mol. The third kappa shape index (κ3) is 5.05. The van der Waals surface area contributed by atoms with Crippen LogP contribution >= 0.6 is 22.7 Å². The van der Waals surface area contributed by atoms with Crippen molar-refractivity contribution >= 4 is 63.8 Å². The molecular weight excluding hydrogens is 649 g/mol. The number of aromatic nitrogens is 4. The Morgan fingerprint density at radius 1 is 0.340 bits per heavy atom. The van der Waals surface area contributed by atoms with Crippen LogP contribution in [-0.2, 0) is 0 Å². The molecule has 0 amide bonds. The van der Waals surface area contributed by atoms with Gasteiger partial charge in [-0.1, -0.05) is 133 Å². The molecule has 10 rings (SSSR count). The van der Waals surface area contributed by atoms with Gasteiger partial charge in [-0.2, -0.15) is 0 Å². The van der Waals surface area contributed by atoms with Gasteiger partial charge in [0.25, 0.3) is 0 Å². The van der Waals surface area contributed by atoms with Crippen molar-refractivity contribution in [3.8, 4) is 55.9 Å². The Hall–Kier alpha value is -6.08. The van der Waals surface area contributed by atoms with Crippen LogP contribution in [0, 0.1) is 0 Å². The van der Waals surface area contributed by atoms with Gasteiger partial charge in [0, 0.05) is 42.4 Å². The Morgan fingerprint density at radius 2 is 0.900 bits per heavy atom. The molecule has 3 heterocycles. The van der Waals surface area contributed by atoms with Gasteiger partial charge in [-0.25, -0.2) is 19.9 Å². The van der Waals surface area contributed by atoms with Crippen LogP contribution < -0.4 is 0 Å². The summed E-state index contributed by atoms with van der Waals surface area (Å²) >= 11 is 3.53. The number of benzene rings is 7. The number of nitrogens with zero attached hydrogens (tertiary/aromatic N) is 4. The van der Waals surface area contributed by atoms with Gasteiger partial charge in [0.15, 0.2) is 17.5 Å². The summed E-state index contributed by atoms with van der Waals surface area (Å²) in [5.74, 6) is 1.97. The number of thiophene rings is 1. The molecule has 0 aliphatic heterocycles. The van der Waals surface area contributed by atoms with E-state index < -0.39 is 0 Å². The van der Waals surface area contributed by atoms with Crippen molar-refractivity contribution in [1.82, 2.24) is 19.9 Å². The maximum absolute atomic E-state index is 5.22. The van der Waals surface area contributed by atoms with E-state index in [1.54, 1.807) is 22.7 Å². The first-order chi connectivity index (χ1) is 24.7. The van der Waals surface area contributed by atoms with Crippen LogP contribution in [-0.4, -0.2) is 19.9 Å². The van der Waals surface area contributed by atoms with Crippen LogP contribution in [0.15, 0.2) is 158 Å². The van der Waals surface area contributed by atoms with Crippen molar-refractivity contribution in [3.05, 3.63) is 158 Å². The van der Waals surface area contributed by atoms with E-state index in [4.69, 9.17) is 19.9 Å². The molecule has 0 fully saturated rings. The third-order valence-electron chi connectivity index (χ3n) is 9.17. The van der Waals surface area contributed by atoms with Gasteiger partial charge in [0.1, 0.15) is 5.01 Å². The molecule has 0 atom stereocenters. The third-order valence-corrected chi connectivity index (χ3v) is 11.4. The largest absolute Gasteiger partial charge is 0.235 e. The number of rotatable bonds is 5. The van der Waals surface area contributed by atoms with Crippen molar-refractivity contribution < 1.29 is 0 Å². The molecule has 234 valence electrons. The Kier molecular flexibility index (Phi) is 6.82.